The summed E-state index contributed by atoms with van der Waals surface area (Å²) in [7, 11) is 0. The molecule has 0 bridgehead atoms. The maximum absolute atomic E-state index is 10.6. The van der Waals surface area contributed by atoms with Crippen LogP contribution in [0.4, 0.5) is 5.69 Å². The van der Waals surface area contributed by atoms with E-state index in [0.717, 1.165) is 0 Å². The van der Waals surface area contributed by atoms with Crippen LogP contribution in [-0.2, 0) is 6.54 Å². The Morgan fingerprint density at radius 1 is 1.59 bits per heavy atom. The van der Waals surface area contributed by atoms with Gasteiger partial charge in [0.2, 0.25) is 0 Å². The van der Waals surface area contributed by atoms with E-state index in [1.165, 1.54) is 18.2 Å². The number of nitrogens with zero attached hydrogens (tertiary/aromatic N) is 1. The first-order valence-electron chi connectivity index (χ1n) is 5.36. The average Bonchev–Trinajstić information content (AvgIpc) is 2.35. The number of non-ortho nitro benzene ring substituents is 1. The fourth-order valence-corrected chi connectivity index (χ4v) is 1.28. The number of nitrogens with two attached hydrogens (primary N) is 1. The van der Waals surface area contributed by atoms with Gasteiger partial charge in [-0.3, -0.25) is 10.1 Å². The Labute approximate surface area is 99.2 Å². The highest BCUT2D eigenvalue weighted by Crippen LogP contribution is 2.24. The summed E-state index contributed by atoms with van der Waals surface area (Å²) in [5, 5.41) is 19.9. The van der Waals surface area contributed by atoms with Gasteiger partial charge in [0.25, 0.3) is 5.69 Å². The minimum atomic E-state index is -0.546. The zero-order valence-electron chi connectivity index (χ0n) is 9.63. The van der Waals surface area contributed by atoms with Crippen LogP contribution in [-0.4, -0.2) is 22.7 Å². The molecule has 6 heteroatoms. The van der Waals surface area contributed by atoms with Crippen molar-refractivity contribution in [1.29, 1.82) is 0 Å². The van der Waals surface area contributed by atoms with Crippen molar-refractivity contribution in [2.45, 2.75) is 26.0 Å². The highest BCUT2D eigenvalue weighted by atomic mass is 16.6. The van der Waals surface area contributed by atoms with Gasteiger partial charge in [0.15, 0.2) is 0 Å². The Morgan fingerprint density at radius 3 is 2.82 bits per heavy atom. The van der Waals surface area contributed by atoms with Crippen molar-refractivity contribution < 1.29 is 14.8 Å². The number of aliphatic hydroxyl groups excluding tert-OH is 1. The quantitative estimate of drug-likeness (QED) is 0.575. The van der Waals surface area contributed by atoms with Crippen LogP contribution in [0, 0.1) is 10.1 Å². The molecular formula is C11H16N2O4. The molecule has 0 amide bonds. The second-order valence-electron chi connectivity index (χ2n) is 3.63. The van der Waals surface area contributed by atoms with E-state index >= 15 is 0 Å². The van der Waals surface area contributed by atoms with Gasteiger partial charge >= 0.3 is 0 Å². The van der Waals surface area contributed by atoms with Crippen molar-refractivity contribution in [3.05, 3.63) is 33.9 Å². The van der Waals surface area contributed by atoms with Crippen molar-refractivity contribution in [3.63, 3.8) is 0 Å². The minimum Gasteiger partial charge on any atom is -0.491 e. The standard InChI is InChI=1S/C11H16N2O4/c1-2-10(14)7-17-11-4-3-9(13(15)16)5-8(11)6-12/h3-5,10,14H,2,6-7,12H2,1H3. The van der Waals surface area contributed by atoms with Crippen molar-refractivity contribution in [2.24, 2.45) is 5.73 Å². The van der Waals surface area contributed by atoms with E-state index in [4.69, 9.17) is 10.5 Å². The van der Waals surface area contributed by atoms with Gasteiger partial charge in [-0.15, -0.1) is 0 Å². The molecule has 0 heterocycles. The van der Waals surface area contributed by atoms with Crippen molar-refractivity contribution in [3.8, 4) is 5.75 Å². The third-order valence-corrected chi connectivity index (χ3v) is 2.38. The monoisotopic (exact) mass is 240 g/mol. The third-order valence-electron chi connectivity index (χ3n) is 2.38. The molecule has 6 nitrogen and oxygen atoms in total. The first-order chi connectivity index (χ1) is 8.08. The zero-order chi connectivity index (χ0) is 12.8. The second kappa shape index (κ2) is 6.17. The SMILES string of the molecule is CCC(O)COc1ccc([N+](=O)[O-])cc1CN. The van der Waals surface area contributed by atoms with Crippen LogP contribution in [0.25, 0.3) is 0 Å². The van der Waals surface area contributed by atoms with Crippen molar-refractivity contribution in [1.82, 2.24) is 0 Å². The van der Waals surface area contributed by atoms with E-state index < -0.39 is 11.0 Å². The van der Waals surface area contributed by atoms with Crippen LogP contribution < -0.4 is 10.5 Å². The Hall–Kier alpha value is -1.66. The van der Waals surface area contributed by atoms with Crippen LogP contribution in [0.2, 0.25) is 0 Å². The predicted octanol–water partition coefficient (Wildman–Crippen LogP) is 1.20. The van der Waals surface area contributed by atoms with E-state index in [1.54, 1.807) is 0 Å². The number of hydrogen-bond donors (Lipinski definition) is 2. The van der Waals surface area contributed by atoms with Gasteiger partial charge in [0, 0.05) is 24.2 Å². The van der Waals surface area contributed by atoms with Crippen LogP contribution >= 0.6 is 0 Å². The molecule has 0 saturated carbocycles. The first kappa shape index (κ1) is 13.4. The molecule has 1 atom stereocenters. The van der Waals surface area contributed by atoms with E-state index in [9.17, 15) is 15.2 Å². The number of nitro benzene ring substituents is 1. The molecule has 1 unspecified atom stereocenters. The Morgan fingerprint density at radius 2 is 2.29 bits per heavy atom. The molecule has 0 fully saturated rings. The van der Waals surface area contributed by atoms with Crippen molar-refractivity contribution >= 4 is 5.69 Å². The highest BCUT2D eigenvalue weighted by Gasteiger charge is 2.11. The molecule has 0 saturated heterocycles. The summed E-state index contributed by atoms with van der Waals surface area (Å²) in [6.07, 6.45) is 0.0427. The summed E-state index contributed by atoms with van der Waals surface area (Å²) < 4.78 is 5.36. The first-order valence-corrected chi connectivity index (χ1v) is 5.36. The maximum atomic E-state index is 10.6. The fourth-order valence-electron chi connectivity index (χ4n) is 1.28. The average molecular weight is 240 g/mol. The van der Waals surface area contributed by atoms with E-state index in [2.05, 4.69) is 0 Å². The molecule has 17 heavy (non-hydrogen) atoms. The molecule has 1 rings (SSSR count). The molecular weight excluding hydrogens is 224 g/mol. The highest BCUT2D eigenvalue weighted by molar-refractivity contribution is 5.43. The Balaban J connectivity index is 2.82. The number of benzene rings is 1. The van der Waals surface area contributed by atoms with Gasteiger partial charge in [-0.25, -0.2) is 0 Å². The van der Waals surface area contributed by atoms with E-state index in [1.807, 2.05) is 6.92 Å². The molecule has 1 aromatic rings. The lowest BCUT2D eigenvalue weighted by atomic mass is 10.2. The lowest BCUT2D eigenvalue weighted by Crippen LogP contribution is -2.17. The number of hydrogen-bond acceptors (Lipinski definition) is 5. The van der Waals surface area contributed by atoms with E-state index in [-0.39, 0.29) is 18.8 Å². The molecule has 0 radical (unpaired) electrons. The smallest absolute Gasteiger partial charge is 0.270 e. The summed E-state index contributed by atoms with van der Waals surface area (Å²) >= 11 is 0. The number of rotatable bonds is 6. The van der Waals surface area contributed by atoms with Gasteiger partial charge in [-0.2, -0.15) is 0 Å². The van der Waals surface area contributed by atoms with E-state index in [0.29, 0.717) is 17.7 Å². The van der Waals surface area contributed by atoms with Gasteiger partial charge in [-0.1, -0.05) is 6.92 Å². The van der Waals surface area contributed by atoms with Gasteiger partial charge in [0.05, 0.1) is 11.0 Å². The topological polar surface area (TPSA) is 98.6 Å². The van der Waals surface area contributed by atoms with Crippen LogP contribution in [0.1, 0.15) is 18.9 Å². The second-order valence-corrected chi connectivity index (χ2v) is 3.63. The van der Waals surface area contributed by atoms with Gasteiger partial charge < -0.3 is 15.6 Å². The van der Waals surface area contributed by atoms with Gasteiger partial charge in [0.1, 0.15) is 12.4 Å². The fraction of sp³-hybridized carbons (Fsp3) is 0.455. The molecule has 0 spiro atoms. The lowest BCUT2D eigenvalue weighted by molar-refractivity contribution is -0.384. The van der Waals surface area contributed by atoms with Crippen LogP contribution in [0.5, 0.6) is 5.75 Å². The van der Waals surface area contributed by atoms with Crippen LogP contribution in [0.3, 0.4) is 0 Å². The molecule has 0 aliphatic rings. The summed E-state index contributed by atoms with van der Waals surface area (Å²) in [6.45, 7) is 2.15. The molecule has 3 N–H and O–H groups in total. The zero-order valence-corrected chi connectivity index (χ0v) is 9.63. The minimum absolute atomic E-state index is 0.0196. The van der Waals surface area contributed by atoms with Crippen LogP contribution in [0.15, 0.2) is 18.2 Å². The maximum Gasteiger partial charge on any atom is 0.270 e. The largest absolute Gasteiger partial charge is 0.491 e. The number of ether oxygens (including phenoxy) is 1. The normalized spacial score (nSPS) is 12.2. The third kappa shape index (κ3) is 3.69. The Bertz CT molecular complexity index is 395. The molecule has 94 valence electrons. The summed E-state index contributed by atoms with van der Waals surface area (Å²) in [6, 6.07) is 4.24. The molecule has 0 aliphatic heterocycles. The molecule has 0 aliphatic carbocycles. The predicted molar refractivity (Wildman–Crippen MR) is 62.8 cm³/mol. The summed E-state index contributed by atoms with van der Waals surface area (Å²) in [4.78, 5) is 10.1. The summed E-state index contributed by atoms with van der Waals surface area (Å²) in [5.74, 6) is 0.477. The van der Waals surface area contributed by atoms with Crippen molar-refractivity contribution in [2.75, 3.05) is 6.61 Å². The lowest BCUT2D eigenvalue weighted by Gasteiger charge is -2.12. The molecule has 0 aromatic heterocycles. The summed E-state index contributed by atoms with van der Waals surface area (Å²) in [5.41, 5.74) is 6.03. The Kier molecular flexibility index (Phi) is 4.86. The number of aliphatic hydroxyl groups is 1. The molecule has 1 aromatic carbocycles. The van der Waals surface area contributed by atoms with Gasteiger partial charge in [-0.05, 0) is 12.5 Å². The number of nitro groups is 1.